The van der Waals surface area contributed by atoms with E-state index in [1.54, 1.807) is 0 Å². The molecule has 1 fully saturated rings. The van der Waals surface area contributed by atoms with Crippen molar-refractivity contribution in [1.29, 1.82) is 0 Å². The Bertz CT molecular complexity index is 371. The zero-order valence-corrected chi connectivity index (χ0v) is 10.2. The topological polar surface area (TPSA) is 29.5 Å². The summed E-state index contributed by atoms with van der Waals surface area (Å²) in [5.74, 6) is 0.893. The summed E-state index contributed by atoms with van der Waals surface area (Å²) in [6, 6.07) is 7.96. The molecule has 0 saturated heterocycles. The number of hydrogen-bond donors (Lipinski definition) is 1. The van der Waals surface area contributed by atoms with Gasteiger partial charge in [0.15, 0.2) is 0 Å². The number of para-hydroxylation sites is 1. The molecule has 1 aromatic rings. The quantitative estimate of drug-likeness (QED) is 0.830. The van der Waals surface area contributed by atoms with E-state index in [-0.39, 0.29) is 17.6 Å². The average molecular weight is 220 g/mol. The highest BCUT2D eigenvalue weighted by Crippen LogP contribution is 2.39. The maximum absolute atomic E-state index is 10.1. The number of aliphatic hydroxyl groups is 1. The first-order valence-corrected chi connectivity index (χ1v) is 5.91. The third-order valence-corrected chi connectivity index (χ3v) is 3.60. The fourth-order valence-electron chi connectivity index (χ4n) is 2.30. The van der Waals surface area contributed by atoms with Gasteiger partial charge in [0, 0.05) is 0 Å². The number of ether oxygens (including phenoxy) is 1. The highest BCUT2D eigenvalue weighted by Gasteiger charge is 2.42. The molecule has 1 aliphatic rings. The lowest BCUT2D eigenvalue weighted by Gasteiger charge is -2.26. The number of aryl methyl sites for hydroxylation is 1. The third kappa shape index (κ3) is 2.07. The Hall–Kier alpha value is -1.02. The molecule has 0 aromatic heterocycles. The normalized spacial score (nSPS) is 28.0. The van der Waals surface area contributed by atoms with Crippen LogP contribution in [0.1, 0.15) is 32.3 Å². The zero-order valence-electron chi connectivity index (χ0n) is 10.2. The van der Waals surface area contributed by atoms with E-state index in [1.807, 2.05) is 31.2 Å². The first-order valence-electron chi connectivity index (χ1n) is 5.91. The molecule has 2 unspecified atom stereocenters. The second kappa shape index (κ2) is 4.10. The molecule has 0 aliphatic heterocycles. The van der Waals surface area contributed by atoms with Gasteiger partial charge in [-0.25, -0.2) is 0 Å². The van der Waals surface area contributed by atoms with Crippen LogP contribution in [0.3, 0.4) is 0 Å². The van der Waals surface area contributed by atoms with Crippen molar-refractivity contribution in [2.24, 2.45) is 5.41 Å². The predicted octanol–water partition coefficient (Wildman–Crippen LogP) is 2.92. The lowest BCUT2D eigenvalue weighted by Crippen LogP contribution is -2.34. The number of hydrogen-bond acceptors (Lipinski definition) is 2. The summed E-state index contributed by atoms with van der Waals surface area (Å²) < 4.78 is 5.90. The molecule has 0 heterocycles. The summed E-state index contributed by atoms with van der Waals surface area (Å²) in [6.45, 7) is 6.22. The average Bonchev–Trinajstić information content (AvgIpc) is 2.49. The Morgan fingerprint density at radius 3 is 2.56 bits per heavy atom. The molecule has 2 heteroatoms. The Morgan fingerprint density at radius 2 is 2.00 bits per heavy atom. The largest absolute Gasteiger partial charge is 0.487 e. The lowest BCUT2D eigenvalue weighted by atomic mass is 9.89. The van der Waals surface area contributed by atoms with Crippen molar-refractivity contribution in [3.63, 3.8) is 0 Å². The van der Waals surface area contributed by atoms with E-state index in [0.717, 1.165) is 24.2 Å². The van der Waals surface area contributed by atoms with Gasteiger partial charge >= 0.3 is 0 Å². The Balaban J connectivity index is 2.10. The van der Waals surface area contributed by atoms with Gasteiger partial charge in [-0.3, -0.25) is 0 Å². The highest BCUT2D eigenvalue weighted by atomic mass is 16.5. The predicted molar refractivity (Wildman–Crippen MR) is 64.6 cm³/mol. The van der Waals surface area contributed by atoms with Gasteiger partial charge in [0.05, 0.1) is 6.10 Å². The van der Waals surface area contributed by atoms with Crippen molar-refractivity contribution >= 4 is 0 Å². The van der Waals surface area contributed by atoms with Crippen LogP contribution in [0.2, 0.25) is 0 Å². The van der Waals surface area contributed by atoms with E-state index in [9.17, 15) is 5.11 Å². The molecule has 0 bridgehead atoms. The smallest absolute Gasteiger partial charge is 0.125 e. The summed E-state index contributed by atoms with van der Waals surface area (Å²) in [5, 5.41) is 10.1. The van der Waals surface area contributed by atoms with Crippen molar-refractivity contribution in [3.8, 4) is 5.75 Å². The molecule has 0 amide bonds. The minimum absolute atomic E-state index is 0.0205. The van der Waals surface area contributed by atoms with Crippen molar-refractivity contribution < 1.29 is 9.84 Å². The summed E-state index contributed by atoms with van der Waals surface area (Å²) in [4.78, 5) is 0. The van der Waals surface area contributed by atoms with E-state index < -0.39 is 0 Å². The standard InChI is InChI=1S/C14H20O2/c1-10-6-4-5-7-11(10)16-12-8-9-14(2,3)13(12)15/h4-7,12-13,15H,8-9H2,1-3H3. The summed E-state index contributed by atoms with van der Waals surface area (Å²) >= 11 is 0. The molecular weight excluding hydrogens is 200 g/mol. The second-order valence-electron chi connectivity index (χ2n) is 5.39. The summed E-state index contributed by atoms with van der Waals surface area (Å²) in [6.07, 6.45) is 1.52. The van der Waals surface area contributed by atoms with Gasteiger partial charge in [0.25, 0.3) is 0 Å². The van der Waals surface area contributed by atoms with Gasteiger partial charge in [-0.1, -0.05) is 32.0 Å². The fourth-order valence-corrected chi connectivity index (χ4v) is 2.30. The van der Waals surface area contributed by atoms with Crippen molar-refractivity contribution in [1.82, 2.24) is 0 Å². The van der Waals surface area contributed by atoms with E-state index >= 15 is 0 Å². The molecule has 2 atom stereocenters. The Morgan fingerprint density at radius 1 is 1.31 bits per heavy atom. The molecule has 1 aromatic carbocycles. The Labute approximate surface area is 97.3 Å². The number of benzene rings is 1. The monoisotopic (exact) mass is 220 g/mol. The molecule has 1 aliphatic carbocycles. The molecule has 88 valence electrons. The van der Waals surface area contributed by atoms with Gasteiger partial charge in [0.1, 0.15) is 11.9 Å². The number of rotatable bonds is 2. The Kier molecular flexibility index (Phi) is 2.94. The zero-order chi connectivity index (χ0) is 11.8. The van der Waals surface area contributed by atoms with E-state index in [4.69, 9.17) is 4.74 Å². The van der Waals surface area contributed by atoms with Crippen LogP contribution in [0.25, 0.3) is 0 Å². The first kappa shape index (κ1) is 11.5. The van der Waals surface area contributed by atoms with Crippen molar-refractivity contribution in [3.05, 3.63) is 29.8 Å². The van der Waals surface area contributed by atoms with Gasteiger partial charge in [0.2, 0.25) is 0 Å². The number of aliphatic hydroxyl groups excluding tert-OH is 1. The molecule has 2 nitrogen and oxygen atoms in total. The molecule has 16 heavy (non-hydrogen) atoms. The maximum atomic E-state index is 10.1. The van der Waals surface area contributed by atoms with Crippen molar-refractivity contribution in [2.75, 3.05) is 0 Å². The lowest BCUT2D eigenvalue weighted by molar-refractivity contribution is 0.00468. The SMILES string of the molecule is Cc1ccccc1OC1CCC(C)(C)C1O. The summed E-state index contributed by atoms with van der Waals surface area (Å²) in [5.41, 5.74) is 1.10. The van der Waals surface area contributed by atoms with Crippen LogP contribution >= 0.6 is 0 Å². The molecule has 0 spiro atoms. The third-order valence-electron chi connectivity index (χ3n) is 3.60. The van der Waals surface area contributed by atoms with Gasteiger partial charge < -0.3 is 9.84 Å². The fraction of sp³-hybridized carbons (Fsp3) is 0.571. The van der Waals surface area contributed by atoms with Crippen LogP contribution in [0, 0.1) is 12.3 Å². The van der Waals surface area contributed by atoms with Crippen LogP contribution in [-0.4, -0.2) is 17.3 Å². The van der Waals surface area contributed by atoms with Gasteiger partial charge in [-0.15, -0.1) is 0 Å². The van der Waals surface area contributed by atoms with Crippen LogP contribution in [0.5, 0.6) is 5.75 Å². The van der Waals surface area contributed by atoms with E-state index in [1.165, 1.54) is 0 Å². The van der Waals surface area contributed by atoms with E-state index in [2.05, 4.69) is 13.8 Å². The van der Waals surface area contributed by atoms with Crippen LogP contribution in [-0.2, 0) is 0 Å². The van der Waals surface area contributed by atoms with E-state index in [0.29, 0.717) is 0 Å². The molecular formula is C14H20O2. The summed E-state index contributed by atoms with van der Waals surface area (Å²) in [7, 11) is 0. The second-order valence-corrected chi connectivity index (χ2v) is 5.39. The first-order chi connectivity index (χ1) is 7.50. The molecule has 1 saturated carbocycles. The highest BCUT2D eigenvalue weighted by molar-refractivity contribution is 5.32. The van der Waals surface area contributed by atoms with Gasteiger partial charge in [-0.05, 0) is 36.8 Å². The van der Waals surface area contributed by atoms with Crippen LogP contribution < -0.4 is 4.74 Å². The van der Waals surface area contributed by atoms with Crippen LogP contribution in [0.4, 0.5) is 0 Å². The minimum atomic E-state index is -0.368. The molecule has 1 N–H and O–H groups in total. The minimum Gasteiger partial charge on any atom is -0.487 e. The molecule has 2 rings (SSSR count). The molecule has 0 radical (unpaired) electrons. The van der Waals surface area contributed by atoms with Crippen LogP contribution in [0.15, 0.2) is 24.3 Å². The van der Waals surface area contributed by atoms with Gasteiger partial charge in [-0.2, -0.15) is 0 Å². The van der Waals surface area contributed by atoms with Crippen molar-refractivity contribution in [2.45, 2.75) is 45.8 Å². The maximum Gasteiger partial charge on any atom is 0.125 e.